The van der Waals surface area contributed by atoms with E-state index < -0.39 is 5.97 Å². The second kappa shape index (κ2) is 7.25. The van der Waals surface area contributed by atoms with E-state index in [4.69, 9.17) is 32.7 Å². The molecule has 0 aliphatic heterocycles. The van der Waals surface area contributed by atoms with Gasteiger partial charge in [0.2, 0.25) is 5.88 Å². The molecule has 0 radical (unpaired) electrons. The van der Waals surface area contributed by atoms with Crippen LogP contribution in [-0.2, 0) is 4.74 Å². The van der Waals surface area contributed by atoms with Crippen LogP contribution in [0.1, 0.15) is 17.3 Å². The number of methoxy groups -OCH3 is 1. The first-order valence-corrected chi connectivity index (χ1v) is 8.27. The Bertz CT molecular complexity index is 960. The highest BCUT2D eigenvalue weighted by Crippen LogP contribution is 2.37. The fourth-order valence-corrected chi connectivity index (χ4v) is 2.87. The molecule has 2 heterocycles. The third-order valence-electron chi connectivity index (χ3n) is 3.59. The molecule has 0 aliphatic carbocycles. The minimum atomic E-state index is -0.507. The molecule has 7 heteroatoms. The molecule has 0 spiro atoms. The van der Waals surface area contributed by atoms with Crippen molar-refractivity contribution in [3.05, 3.63) is 52.1 Å². The lowest BCUT2D eigenvalue weighted by molar-refractivity contribution is 0.0527. The fourth-order valence-electron chi connectivity index (χ4n) is 2.49. The Hall–Kier alpha value is -2.37. The Morgan fingerprint density at radius 2 is 2.00 bits per heavy atom. The predicted octanol–water partition coefficient (Wildman–Crippen LogP) is 4.79. The summed E-state index contributed by atoms with van der Waals surface area (Å²) in [5, 5.41) is 0.925. The summed E-state index contributed by atoms with van der Waals surface area (Å²) in [6.07, 6.45) is 1.46. The van der Waals surface area contributed by atoms with Gasteiger partial charge in [-0.1, -0.05) is 23.2 Å². The molecule has 25 heavy (non-hydrogen) atoms. The summed E-state index contributed by atoms with van der Waals surface area (Å²) in [5.41, 5.74) is 2.42. The van der Waals surface area contributed by atoms with Crippen molar-refractivity contribution in [2.45, 2.75) is 6.92 Å². The third-order valence-corrected chi connectivity index (χ3v) is 4.15. The maximum atomic E-state index is 12.4. The minimum absolute atomic E-state index is 0.241. The molecule has 2 aromatic heterocycles. The van der Waals surface area contributed by atoms with Crippen molar-refractivity contribution >= 4 is 40.2 Å². The smallest absolute Gasteiger partial charge is 0.340 e. The monoisotopic (exact) mass is 376 g/mol. The van der Waals surface area contributed by atoms with E-state index in [9.17, 15) is 4.79 Å². The molecule has 0 fully saturated rings. The van der Waals surface area contributed by atoms with Gasteiger partial charge in [-0.3, -0.25) is 4.98 Å². The molecule has 3 rings (SSSR count). The lowest BCUT2D eigenvalue weighted by atomic mass is 9.99. The Morgan fingerprint density at radius 1 is 1.20 bits per heavy atom. The zero-order valence-electron chi connectivity index (χ0n) is 13.5. The van der Waals surface area contributed by atoms with E-state index in [1.807, 2.05) is 0 Å². The summed E-state index contributed by atoms with van der Waals surface area (Å²) >= 11 is 12.5. The number of ether oxygens (including phenoxy) is 2. The summed E-state index contributed by atoms with van der Waals surface area (Å²) in [7, 11) is 1.52. The van der Waals surface area contributed by atoms with E-state index in [-0.39, 0.29) is 12.2 Å². The van der Waals surface area contributed by atoms with Gasteiger partial charge in [0.1, 0.15) is 5.52 Å². The van der Waals surface area contributed by atoms with E-state index in [0.717, 1.165) is 0 Å². The maximum Gasteiger partial charge on any atom is 0.340 e. The second-order valence-corrected chi connectivity index (χ2v) is 5.96. The average Bonchev–Trinajstić information content (AvgIpc) is 2.62. The number of benzene rings is 1. The first-order chi connectivity index (χ1) is 12.0. The van der Waals surface area contributed by atoms with Crippen LogP contribution in [0.4, 0.5) is 0 Å². The summed E-state index contributed by atoms with van der Waals surface area (Å²) in [5.74, 6) is -0.109. The summed E-state index contributed by atoms with van der Waals surface area (Å²) in [4.78, 5) is 21.2. The molecule has 128 valence electrons. The molecule has 0 unspecified atom stereocenters. The van der Waals surface area contributed by atoms with Crippen molar-refractivity contribution in [3.63, 3.8) is 0 Å². The molecular formula is C18H14Cl2N2O3. The normalized spacial score (nSPS) is 10.7. The van der Waals surface area contributed by atoms with Crippen LogP contribution in [0.5, 0.6) is 5.88 Å². The van der Waals surface area contributed by atoms with Crippen LogP contribution in [0.2, 0.25) is 10.0 Å². The molecule has 1 aromatic carbocycles. The van der Waals surface area contributed by atoms with Crippen LogP contribution in [0.3, 0.4) is 0 Å². The first kappa shape index (κ1) is 17.5. The second-order valence-electron chi connectivity index (χ2n) is 5.11. The highest BCUT2D eigenvalue weighted by Gasteiger charge is 2.21. The number of hydrogen-bond acceptors (Lipinski definition) is 5. The van der Waals surface area contributed by atoms with Crippen molar-refractivity contribution < 1.29 is 14.3 Å². The number of nitrogens with zero attached hydrogens (tertiary/aromatic N) is 2. The summed E-state index contributed by atoms with van der Waals surface area (Å²) < 4.78 is 10.4. The van der Waals surface area contributed by atoms with Crippen LogP contribution >= 0.6 is 23.2 Å². The van der Waals surface area contributed by atoms with Gasteiger partial charge < -0.3 is 9.47 Å². The summed E-state index contributed by atoms with van der Waals surface area (Å²) in [6, 6.07) is 8.48. The standard InChI is InChI=1S/C18H14Cl2N2O3/c1-3-25-18(23)12-9-21-14-6-7-15(24-2)22-17(14)16(12)11-8-10(19)4-5-13(11)20/h4-9H,3H2,1-2H3. The average molecular weight is 377 g/mol. The molecule has 0 N–H and O–H groups in total. The van der Waals surface area contributed by atoms with Crippen molar-refractivity contribution in [2.24, 2.45) is 0 Å². The van der Waals surface area contributed by atoms with Gasteiger partial charge >= 0.3 is 5.97 Å². The fraction of sp³-hybridized carbons (Fsp3) is 0.167. The highest BCUT2D eigenvalue weighted by atomic mass is 35.5. The molecular weight excluding hydrogens is 363 g/mol. The predicted molar refractivity (Wildman–Crippen MR) is 97.5 cm³/mol. The zero-order chi connectivity index (χ0) is 18.0. The van der Waals surface area contributed by atoms with Crippen LogP contribution in [0.25, 0.3) is 22.2 Å². The number of carbonyl (C=O) groups excluding carboxylic acids is 1. The van der Waals surface area contributed by atoms with Crippen molar-refractivity contribution in [2.75, 3.05) is 13.7 Å². The van der Waals surface area contributed by atoms with Gasteiger partial charge in [-0.05, 0) is 31.2 Å². The van der Waals surface area contributed by atoms with Gasteiger partial charge in [0.25, 0.3) is 0 Å². The number of esters is 1. The number of rotatable bonds is 4. The minimum Gasteiger partial charge on any atom is -0.481 e. The van der Waals surface area contributed by atoms with E-state index in [2.05, 4.69) is 9.97 Å². The van der Waals surface area contributed by atoms with Crippen molar-refractivity contribution in [1.29, 1.82) is 0 Å². The van der Waals surface area contributed by atoms with E-state index in [0.29, 0.717) is 38.1 Å². The molecule has 0 atom stereocenters. The number of aromatic nitrogens is 2. The Balaban J connectivity index is 2.39. The quantitative estimate of drug-likeness (QED) is 0.612. The van der Waals surface area contributed by atoms with Crippen LogP contribution in [0, 0.1) is 0 Å². The number of fused-ring (bicyclic) bond motifs is 1. The Labute approximate surface area is 154 Å². The SMILES string of the molecule is CCOC(=O)c1cnc2ccc(OC)nc2c1-c1cc(Cl)ccc1Cl. The van der Waals surface area contributed by atoms with Gasteiger partial charge in [0.05, 0.1) is 24.8 Å². The Kier molecular flexibility index (Phi) is 5.06. The lowest BCUT2D eigenvalue weighted by Gasteiger charge is -2.13. The van der Waals surface area contributed by atoms with Gasteiger partial charge in [-0.15, -0.1) is 0 Å². The molecule has 0 aliphatic rings. The number of hydrogen-bond donors (Lipinski definition) is 0. The van der Waals surface area contributed by atoms with Gasteiger partial charge in [0, 0.05) is 33.4 Å². The molecule has 5 nitrogen and oxygen atoms in total. The highest BCUT2D eigenvalue weighted by molar-refractivity contribution is 6.36. The van der Waals surface area contributed by atoms with Crippen molar-refractivity contribution in [1.82, 2.24) is 9.97 Å². The van der Waals surface area contributed by atoms with Crippen molar-refractivity contribution in [3.8, 4) is 17.0 Å². The number of carbonyl (C=O) groups is 1. The topological polar surface area (TPSA) is 61.3 Å². The van der Waals surface area contributed by atoms with Gasteiger partial charge in [0.15, 0.2) is 0 Å². The molecule has 0 saturated carbocycles. The molecule has 0 amide bonds. The Morgan fingerprint density at radius 3 is 2.72 bits per heavy atom. The maximum absolute atomic E-state index is 12.4. The van der Waals surface area contributed by atoms with E-state index in [1.165, 1.54) is 13.3 Å². The van der Waals surface area contributed by atoms with Crippen LogP contribution in [-0.4, -0.2) is 29.7 Å². The van der Waals surface area contributed by atoms with E-state index in [1.54, 1.807) is 37.3 Å². The lowest BCUT2D eigenvalue weighted by Crippen LogP contribution is -2.08. The summed E-state index contributed by atoms with van der Waals surface area (Å²) in [6.45, 7) is 1.98. The zero-order valence-corrected chi connectivity index (χ0v) is 15.1. The van der Waals surface area contributed by atoms with Gasteiger partial charge in [-0.2, -0.15) is 0 Å². The van der Waals surface area contributed by atoms with E-state index >= 15 is 0 Å². The molecule has 3 aromatic rings. The first-order valence-electron chi connectivity index (χ1n) is 7.51. The number of pyridine rings is 2. The third kappa shape index (κ3) is 3.38. The molecule has 0 bridgehead atoms. The largest absolute Gasteiger partial charge is 0.481 e. The van der Waals surface area contributed by atoms with Gasteiger partial charge in [-0.25, -0.2) is 9.78 Å². The number of halogens is 2. The van der Waals surface area contributed by atoms with Crippen LogP contribution in [0.15, 0.2) is 36.5 Å². The van der Waals surface area contributed by atoms with Crippen LogP contribution < -0.4 is 4.74 Å². The molecule has 0 saturated heterocycles.